The smallest absolute Gasteiger partial charge is 0.236 e. The van der Waals surface area contributed by atoms with Crippen molar-refractivity contribution < 1.29 is 47.7 Å². The van der Waals surface area contributed by atoms with Crippen LogP contribution < -0.4 is 29.2 Å². The Morgan fingerprint density at radius 1 is 0.635 bits per heavy atom. The Morgan fingerprint density at radius 3 is 1.33 bits per heavy atom. The molecule has 52 heavy (non-hydrogen) atoms. The third-order valence-electron chi connectivity index (χ3n) is 8.57. The summed E-state index contributed by atoms with van der Waals surface area (Å²) in [5.41, 5.74) is 7.19. The molecule has 0 spiro atoms. The van der Waals surface area contributed by atoms with Crippen LogP contribution in [0.15, 0.2) is 48.5 Å². The summed E-state index contributed by atoms with van der Waals surface area (Å²) in [6, 6.07) is 15.3. The second-order valence-corrected chi connectivity index (χ2v) is 14.7. The van der Waals surface area contributed by atoms with Crippen LogP contribution in [0, 0.1) is 13.8 Å². The van der Waals surface area contributed by atoms with Gasteiger partial charge in [0.1, 0.15) is 49.4 Å². The zero-order valence-electron chi connectivity index (χ0n) is 30.7. The Labute approximate surface area is 314 Å². The van der Waals surface area contributed by atoms with Crippen LogP contribution in [-0.4, -0.2) is 86.4 Å². The maximum absolute atomic E-state index is 11.2. The zero-order chi connectivity index (χ0) is 38.4. The molecule has 2 aromatic carbocycles. The fourth-order valence-electron chi connectivity index (χ4n) is 6.06. The fraction of sp³-hybridized carbons (Fsp3) is 0.368. The molecule has 0 atom stereocenters. The number of methoxy groups -OCH3 is 2. The van der Waals surface area contributed by atoms with E-state index in [9.17, 15) is 19.8 Å². The molecular formula is C38H44Cl2N4O8. The molecule has 14 heteroatoms. The SMILES string of the molecule is COc1nc(OCc2cccc(-c3cccc(COc4nc(OC)c(C[N+](C)(C)CC(=O)[O-])cc4Cl)c3C)c2C)c(Cl)cc1C[N+](C)(C)CC(=O)[O-]. The Kier molecular flexibility index (Phi) is 13.0. The van der Waals surface area contributed by atoms with Crippen molar-refractivity contribution in [1.29, 1.82) is 0 Å². The number of carboxylic acids is 2. The number of rotatable bonds is 17. The lowest BCUT2D eigenvalue weighted by molar-refractivity contribution is -0.898. The zero-order valence-corrected chi connectivity index (χ0v) is 32.2. The van der Waals surface area contributed by atoms with Crippen molar-refractivity contribution in [2.24, 2.45) is 0 Å². The van der Waals surface area contributed by atoms with Gasteiger partial charge in [-0.25, -0.2) is 0 Å². The van der Waals surface area contributed by atoms with Gasteiger partial charge in [0.15, 0.2) is 0 Å². The van der Waals surface area contributed by atoms with Crippen molar-refractivity contribution in [3.8, 4) is 34.6 Å². The number of carbonyl (C=O) groups excluding carboxylic acids is 2. The molecule has 0 amide bonds. The van der Waals surface area contributed by atoms with E-state index in [1.807, 2.05) is 50.2 Å². The number of halogens is 2. The molecule has 0 aliphatic carbocycles. The van der Waals surface area contributed by atoms with Crippen LogP contribution >= 0.6 is 23.2 Å². The lowest BCUT2D eigenvalue weighted by atomic mass is 9.92. The molecule has 4 rings (SSSR count). The number of hydrogen-bond acceptors (Lipinski definition) is 10. The number of benzene rings is 2. The maximum atomic E-state index is 11.2. The van der Waals surface area contributed by atoms with Crippen molar-refractivity contribution in [2.75, 3.05) is 55.5 Å². The average Bonchev–Trinajstić information content (AvgIpc) is 3.03. The second-order valence-electron chi connectivity index (χ2n) is 13.9. The predicted molar refractivity (Wildman–Crippen MR) is 193 cm³/mol. The molecular weight excluding hydrogens is 711 g/mol. The third kappa shape index (κ3) is 10.3. The number of aliphatic carboxylic acids is 2. The lowest BCUT2D eigenvalue weighted by Gasteiger charge is -2.30. The minimum atomic E-state index is -1.16. The van der Waals surface area contributed by atoms with Crippen LogP contribution in [0.3, 0.4) is 0 Å². The Balaban J connectivity index is 1.52. The van der Waals surface area contributed by atoms with Crippen molar-refractivity contribution in [3.05, 3.63) is 92.0 Å². The van der Waals surface area contributed by atoms with Crippen LogP contribution in [0.1, 0.15) is 33.4 Å². The number of carboxylic acid groups (broad SMARTS) is 2. The molecule has 0 fully saturated rings. The topological polar surface area (TPSA) is 143 Å². The van der Waals surface area contributed by atoms with Gasteiger partial charge < -0.3 is 47.7 Å². The van der Waals surface area contributed by atoms with Gasteiger partial charge in [0, 0.05) is 0 Å². The van der Waals surface area contributed by atoms with E-state index >= 15 is 0 Å². The Bertz CT molecular complexity index is 1810. The Hall–Kier alpha value is -4.62. The number of likely N-dealkylation sites (N-methyl/N-ethyl adjacent to an activating group) is 2. The molecule has 0 saturated heterocycles. The molecule has 0 radical (unpaired) electrons. The summed E-state index contributed by atoms with van der Waals surface area (Å²) >= 11 is 13.2. The van der Waals surface area contributed by atoms with Crippen molar-refractivity contribution in [2.45, 2.75) is 40.2 Å². The highest BCUT2D eigenvalue weighted by atomic mass is 35.5. The van der Waals surface area contributed by atoms with E-state index in [4.69, 9.17) is 42.1 Å². The van der Waals surface area contributed by atoms with Crippen LogP contribution in [-0.2, 0) is 35.9 Å². The summed E-state index contributed by atoms with van der Waals surface area (Å²) in [7, 11) is 10.0. The predicted octanol–water partition coefficient (Wildman–Crippen LogP) is 3.90. The van der Waals surface area contributed by atoms with Crippen LogP contribution in [0.25, 0.3) is 11.1 Å². The van der Waals surface area contributed by atoms with Gasteiger partial charge in [-0.15, -0.1) is 0 Å². The van der Waals surface area contributed by atoms with Crippen molar-refractivity contribution in [1.82, 2.24) is 9.97 Å². The normalized spacial score (nSPS) is 11.7. The lowest BCUT2D eigenvalue weighted by Crippen LogP contribution is -2.47. The maximum Gasteiger partial charge on any atom is 0.236 e. The van der Waals surface area contributed by atoms with Gasteiger partial charge in [-0.2, -0.15) is 9.97 Å². The van der Waals surface area contributed by atoms with E-state index in [2.05, 4.69) is 9.97 Å². The summed E-state index contributed by atoms with van der Waals surface area (Å²) in [6.07, 6.45) is 0. The molecule has 0 saturated carbocycles. The van der Waals surface area contributed by atoms with E-state index in [1.54, 1.807) is 40.3 Å². The summed E-state index contributed by atoms with van der Waals surface area (Å²) in [5, 5.41) is 23.0. The molecule has 0 unspecified atom stereocenters. The van der Waals surface area contributed by atoms with Crippen molar-refractivity contribution >= 4 is 35.1 Å². The molecule has 0 aliphatic heterocycles. The van der Waals surface area contributed by atoms with Gasteiger partial charge in [0.2, 0.25) is 23.5 Å². The number of pyridine rings is 2. The Morgan fingerprint density at radius 2 is 1.00 bits per heavy atom. The van der Waals surface area contributed by atoms with Crippen LogP contribution in [0.5, 0.6) is 23.5 Å². The summed E-state index contributed by atoms with van der Waals surface area (Å²) in [4.78, 5) is 31.4. The van der Waals surface area contributed by atoms with Gasteiger partial charge in [-0.05, 0) is 59.4 Å². The van der Waals surface area contributed by atoms with Crippen molar-refractivity contribution in [3.63, 3.8) is 0 Å². The summed E-state index contributed by atoms with van der Waals surface area (Å²) in [5.74, 6) is -1.32. The molecule has 0 bridgehead atoms. The van der Waals surface area contributed by atoms with Gasteiger partial charge in [-0.3, -0.25) is 0 Å². The first-order chi connectivity index (χ1) is 24.4. The molecule has 0 N–H and O–H groups in total. The number of hydrogen-bond donors (Lipinski definition) is 0. The molecule has 4 aromatic rings. The van der Waals surface area contributed by atoms with E-state index in [-0.39, 0.29) is 57.1 Å². The van der Waals surface area contributed by atoms with E-state index < -0.39 is 11.9 Å². The number of ether oxygens (including phenoxy) is 4. The quantitative estimate of drug-likeness (QED) is 0.146. The highest BCUT2D eigenvalue weighted by Gasteiger charge is 2.24. The van der Waals surface area contributed by atoms with E-state index in [1.165, 1.54) is 14.2 Å². The molecule has 12 nitrogen and oxygen atoms in total. The van der Waals surface area contributed by atoms with Gasteiger partial charge in [-0.1, -0.05) is 59.6 Å². The van der Waals surface area contributed by atoms with E-state index in [0.29, 0.717) is 36.0 Å². The molecule has 2 heterocycles. The first kappa shape index (κ1) is 40.2. The standard InChI is InChI=1S/C38H44Cl2N4O8/c1-23-25(21-51-37-31(39)15-27(35(41-37)49-7)17-43(3,4)19-33(45)46)11-9-13-29(23)30-14-10-12-26(24(30)2)22-52-38-32(40)16-28(36(42-38)50-8)18-44(5,6)20-34(47)48/h9-16H,17-22H2,1-8H3. The van der Waals surface area contributed by atoms with Gasteiger partial charge >= 0.3 is 0 Å². The number of carbonyl (C=O) groups is 2. The minimum Gasteiger partial charge on any atom is -0.544 e. The first-order valence-corrected chi connectivity index (χ1v) is 17.1. The van der Waals surface area contributed by atoms with E-state index in [0.717, 1.165) is 33.4 Å². The van der Waals surface area contributed by atoms with Crippen LogP contribution in [0.4, 0.5) is 0 Å². The van der Waals surface area contributed by atoms with Gasteiger partial charge in [0.25, 0.3) is 0 Å². The molecule has 278 valence electrons. The summed E-state index contributed by atoms with van der Waals surface area (Å²) < 4.78 is 23.4. The first-order valence-electron chi connectivity index (χ1n) is 16.4. The number of nitrogens with zero attached hydrogens (tertiary/aromatic N) is 4. The number of aromatic nitrogens is 2. The average molecular weight is 756 g/mol. The summed E-state index contributed by atoms with van der Waals surface area (Å²) in [6.45, 7) is 4.68. The third-order valence-corrected chi connectivity index (χ3v) is 9.12. The number of quaternary nitrogens is 2. The monoisotopic (exact) mass is 754 g/mol. The highest BCUT2D eigenvalue weighted by Crippen LogP contribution is 2.35. The minimum absolute atomic E-state index is 0.121. The van der Waals surface area contributed by atoms with Gasteiger partial charge in [0.05, 0.1) is 65.5 Å². The highest BCUT2D eigenvalue weighted by molar-refractivity contribution is 6.32. The molecule has 0 aliphatic rings. The van der Waals surface area contributed by atoms with Crippen LogP contribution in [0.2, 0.25) is 10.0 Å². The largest absolute Gasteiger partial charge is 0.544 e. The fourth-order valence-corrected chi connectivity index (χ4v) is 6.52. The second kappa shape index (κ2) is 16.8. The molecule has 2 aromatic heterocycles.